The SMILES string of the molecule is NC1(c2ccc(-c3nc4nc(NC(=O)Nc5ccccc5)nn4cc3-c3ccccc3)cc2)CCC1. The molecule has 0 spiro atoms. The van der Waals surface area contributed by atoms with Gasteiger partial charge in [0.2, 0.25) is 0 Å². The molecule has 6 rings (SSSR count). The number of para-hydroxylation sites is 1. The normalized spacial score (nSPS) is 14.2. The Labute approximate surface area is 208 Å². The van der Waals surface area contributed by atoms with Gasteiger partial charge in [-0.15, -0.1) is 5.10 Å². The first kappa shape index (κ1) is 21.9. The van der Waals surface area contributed by atoms with Crippen LogP contribution in [0.15, 0.2) is 91.1 Å². The molecule has 1 aliphatic carbocycles. The fraction of sp³-hybridized carbons (Fsp3) is 0.143. The van der Waals surface area contributed by atoms with Crippen LogP contribution in [0.1, 0.15) is 24.8 Å². The van der Waals surface area contributed by atoms with Crippen LogP contribution in [-0.4, -0.2) is 25.6 Å². The second kappa shape index (κ2) is 8.90. The predicted molar refractivity (Wildman–Crippen MR) is 140 cm³/mol. The Balaban J connectivity index is 1.36. The number of anilines is 2. The molecule has 36 heavy (non-hydrogen) atoms. The maximum Gasteiger partial charge on any atom is 0.326 e. The summed E-state index contributed by atoms with van der Waals surface area (Å²) in [6.07, 6.45) is 5.09. The molecule has 2 amide bonds. The van der Waals surface area contributed by atoms with Gasteiger partial charge in [-0.3, -0.25) is 5.32 Å². The summed E-state index contributed by atoms with van der Waals surface area (Å²) in [4.78, 5) is 21.7. The van der Waals surface area contributed by atoms with E-state index in [0.717, 1.165) is 40.8 Å². The van der Waals surface area contributed by atoms with E-state index < -0.39 is 6.03 Å². The van der Waals surface area contributed by atoms with Crippen molar-refractivity contribution in [3.8, 4) is 22.4 Å². The van der Waals surface area contributed by atoms with Crippen LogP contribution in [0.4, 0.5) is 16.4 Å². The first-order valence-electron chi connectivity index (χ1n) is 11.9. The third kappa shape index (κ3) is 4.18. The van der Waals surface area contributed by atoms with E-state index in [1.807, 2.05) is 54.7 Å². The number of hydrogen-bond donors (Lipinski definition) is 3. The predicted octanol–water partition coefficient (Wildman–Crippen LogP) is 5.44. The first-order valence-corrected chi connectivity index (χ1v) is 11.9. The van der Waals surface area contributed by atoms with Gasteiger partial charge in [0, 0.05) is 28.6 Å². The summed E-state index contributed by atoms with van der Waals surface area (Å²) in [5, 5.41) is 9.89. The highest BCUT2D eigenvalue weighted by Crippen LogP contribution is 2.39. The molecule has 0 radical (unpaired) electrons. The second-order valence-corrected chi connectivity index (χ2v) is 9.08. The number of carbonyl (C=O) groups is 1. The molecule has 2 aromatic heterocycles. The first-order chi connectivity index (χ1) is 17.6. The number of carbonyl (C=O) groups excluding carboxylic acids is 1. The molecule has 4 N–H and O–H groups in total. The molecule has 0 unspecified atom stereocenters. The van der Waals surface area contributed by atoms with Crippen molar-refractivity contribution in [2.24, 2.45) is 5.73 Å². The maximum absolute atomic E-state index is 12.4. The van der Waals surface area contributed by atoms with Gasteiger partial charge in [-0.05, 0) is 42.5 Å². The lowest BCUT2D eigenvalue weighted by Gasteiger charge is -2.38. The van der Waals surface area contributed by atoms with Crippen molar-refractivity contribution in [3.63, 3.8) is 0 Å². The van der Waals surface area contributed by atoms with E-state index in [9.17, 15) is 4.79 Å². The van der Waals surface area contributed by atoms with E-state index >= 15 is 0 Å². The zero-order valence-electron chi connectivity index (χ0n) is 19.6. The monoisotopic (exact) mass is 475 g/mol. The summed E-state index contributed by atoms with van der Waals surface area (Å²) in [6, 6.07) is 27.1. The third-order valence-electron chi connectivity index (χ3n) is 6.65. The number of rotatable bonds is 5. The van der Waals surface area contributed by atoms with Gasteiger partial charge in [0.1, 0.15) is 0 Å². The summed E-state index contributed by atoms with van der Waals surface area (Å²) in [6.45, 7) is 0. The standard InChI is InChI=1S/C28H25N7O/c29-28(16-7-17-28)21-14-12-20(13-15-21)24-23(19-8-3-1-4-9-19)18-35-26(31-24)32-25(34-35)33-27(36)30-22-10-5-2-6-11-22/h1-6,8-15,18H,7,16-17,29H2,(H2,30,33,34,36). The highest BCUT2D eigenvalue weighted by atomic mass is 16.2. The molecule has 1 fully saturated rings. The molecule has 178 valence electrons. The minimum absolute atomic E-state index is 0.164. The van der Waals surface area contributed by atoms with Crippen molar-refractivity contribution < 1.29 is 4.79 Å². The smallest absolute Gasteiger partial charge is 0.321 e. The van der Waals surface area contributed by atoms with Crippen molar-refractivity contribution in [2.75, 3.05) is 10.6 Å². The topological polar surface area (TPSA) is 110 Å². The summed E-state index contributed by atoms with van der Waals surface area (Å²) in [5.74, 6) is 0.551. The third-order valence-corrected chi connectivity index (χ3v) is 6.65. The summed E-state index contributed by atoms with van der Waals surface area (Å²) in [5.41, 5.74) is 11.8. The number of aromatic nitrogens is 4. The summed E-state index contributed by atoms with van der Waals surface area (Å²) in [7, 11) is 0. The quantitative estimate of drug-likeness (QED) is 0.313. The number of urea groups is 1. The molecule has 2 heterocycles. The molecule has 1 saturated carbocycles. The molecule has 0 bridgehead atoms. The van der Waals surface area contributed by atoms with E-state index in [2.05, 4.69) is 45.0 Å². The molecule has 5 aromatic rings. The van der Waals surface area contributed by atoms with Crippen molar-refractivity contribution in [1.82, 2.24) is 19.6 Å². The summed E-state index contributed by atoms with van der Waals surface area (Å²) < 4.78 is 1.58. The van der Waals surface area contributed by atoms with Gasteiger partial charge in [-0.2, -0.15) is 4.98 Å². The molecule has 8 nitrogen and oxygen atoms in total. The Hall–Kier alpha value is -4.56. The van der Waals surface area contributed by atoms with Gasteiger partial charge >= 0.3 is 6.03 Å². The number of nitrogens with one attached hydrogen (secondary N) is 2. The Morgan fingerprint density at radius 1 is 0.833 bits per heavy atom. The minimum Gasteiger partial charge on any atom is -0.321 e. The zero-order valence-corrected chi connectivity index (χ0v) is 19.6. The summed E-state index contributed by atoms with van der Waals surface area (Å²) >= 11 is 0. The lowest BCUT2D eigenvalue weighted by atomic mass is 9.72. The number of fused-ring (bicyclic) bond motifs is 1. The van der Waals surface area contributed by atoms with Crippen LogP contribution < -0.4 is 16.4 Å². The Bertz CT molecular complexity index is 1530. The van der Waals surface area contributed by atoms with Crippen LogP contribution in [0.25, 0.3) is 28.2 Å². The second-order valence-electron chi connectivity index (χ2n) is 9.08. The van der Waals surface area contributed by atoms with Gasteiger partial charge < -0.3 is 11.1 Å². The highest BCUT2D eigenvalue weighted by Gasteiger charge is 2.34. The van der Waals surface area contributed by atoms with Crippen LogP contribution in [0.2, 0.25) is 0 Å². The maximum atomic E-state index is 12.4. The molecular formula is C28H25N7O. The number of amides is 2. The van der Waals surface area contributed by atoms with Crippen LogP contribution in [0.5, 0.6) is 0 Å². The largest absolute Gasteiger partial charge is 0.326 e. The Kier molecular flexibility index (Phi) is 5.42. The number of nitrogens with zero attached hydrogens (tertiary/aromatic N) is 4. The average Bonchev–Trinajstić information content (AvgIpc) is 3.28. The van der Waals surface area contributed by atoms with Crippen LogP contribution in [0.3, 0.4) is 0 Å². The van der Waals surface area contributed by atoms with Gasteiger partial charge in [0.05, 0.1) is 5.69 Å². The van der Waals surface area contributed by atoms with Crippen molar-refractivity contribution in [3.05, 3.63) is 96.7 Å². The number of nitrogens with two attached hydrogens (primary N) is 1. The average molecular weight is 476 g/mol. The van der Waals surface area contributed by atoms with Crippen LogP contribution in [-0.2, 0) is 5.54 Å². The van der Waals surface area contributed by atoms with Gasteiger partial charge in [0.25, 0.3) is 11.7 Å². The Morgan fingerprint density at radius 3 is 2.19 bits per heavy atom. The fourth-order valence-corrected chi connectivity index (χ4v) is 4.52. The van der Waals surface area contributed by atoms with Gasteiger partial charge in [-0.25, -0.2) is 14.3 Å². The molecule has 0 aliphatic heterocycles. The van der Waals surface area contributed by atoms with E-state index in [1.54, 1.807) is 16.6 Å². The van der Waals surface area contributed by atoms with Gasteiger partial charge in [0.15, 0.2) is 0 Å². The molecule has 0 saturated heterocycles. The highest BCUT2D eigenvalue weighted by molar-refractivity contribution is 5.98. The lowest BCUT2D eigenvalue weighted by Crippen LogP contribution is -2.43. The molecular weight excluding hydrogens is 450 g/mol. The van der Waals surface area contributed by atoms with Crippen molar-refractivity contribution in [1.29, 1.82) is 0 Å². The van der Waals surface area contributed by atoms with Crippen molar-refractivity contribution >= 4 is 23.4 Å². The molecule has 1 aliphatic rings. The Morgan fingerprint density at radius 2 is 1.53 bits per heavy atom. The van der Waals surface area contributed by atoms with Crippen LogP contribution >= 0.6 is 0 Å². The number of hydrogen-bond acceptors (Lipinski definition) is 5. The lowest BCUT2D eigenvalue weighted by molar-refractivity contribution is 0.253. The number of benzene rings is 3. The van der Waals surface area contributed by atoms with E-state index in [1.165, 1.54) is 6.42 Å². The minimum atomic E-state index is -0.428. The fourth-order valence-electron chi connectivity index (χ4n) is 4.52. The molecule has 8 heteroatoms. The molecule has 0 atom stereocenters. The van der Waals surface area contributed by atoms with Crippen molar-refractivity contribution in [2.45, 2.75) is 24.8 Å². The van der Waals surface area contributed by atoms with E-state index in [-0.39, 0.29) is 11.5 Å². The van der Waals surface area contributed by atoms with E-state index in [0.29, 0.717) is 11.5 Å². The van der Waals surface area contributed by atoms with Crippen LogP contribution in [0, 0.1) is 0 Å². The van der Waals surface area contributed by atoms with Gasteiger partial charge in [-0.1, -0.05) is 72.8 Å². The molecule has 3 aromatic carbocycles. The van der Waals surface area contributed by atoms with E-state index in [4.69, 9.17) is 10.7 Å². The zero-order chi connectivity index (χ0) is 24.5.